The standard InChI is InChI=1S/C18H21ClN2O4/c1-4-21-15(22)12-13(16(21)23)18(3,17(24)25-5-2)20-14(12)10-6-8-11(19)9-7-10/h6-9,12-14,20H,4-5H2,1-3H3/t12-,13+,14+,18-/m1/s1. The minimum Gasteiger partial charge on any atom is -0.465 e. The van der Waals surface area contributed by atoms with Gasteiger partial charge in [-0.3, -0.25) is 24.6 Å². The summed E-state index contributed by atoms with van der Waals surface area (Å²) in [4.78, 5) is 39.5. The summed E-state index contributed by atoms with van der Waals surface area (Å²) in [5, 5.41) is 3.79. The third-order valence-electron chi connectivity index (χ3n) is 5.12. The van der Waals surface area contributed by atoms with E-state index in [-0.39, 0.29) is 25.0 Å². The van der Waals surface area contributed by atoms with Crippen molar-refractivity contribution in [2.24, 2.45) is 11.8 Å². The van der Waals surface area contributed by atoms with Crippen molar-refractivity contribution in [3.05, 3.63) is 34.9 Å². The van der Waals surface area contributed by atoms with Crippen LogP contribution >= 0.6 is 11.6 Å². The number of nitrogens with zero attached hydrogens (tertiary/aromatic N) is 1. The molecule has 2 heterocycles. The number of imide groups is 1. The number of hydrogen-bond acceptors (Lipinski definition) is 5. The van der Waals surface area contributed by atoms with Gasteiger partial charge < -0.3 is 4.74 Å². The molecule has 4 atom stereocenters. The number of ether oxygens (including phenoxy) is 1. The summed E-state index contributed by atoms with van der Waals surface area (Å²) in [6, 6.07) is 6.61. The van der Waals surface area contributed by atoms with Crippen LogP contribution in [0.4, 0.5) is 0 Å². The van der Waals surface area contributed by atoms with Crippen molar-refractivity contribution in [3.63, 3.8) is 0 Å². The van der Waals surface area contributed by atoms with Gasteiger partial charge in [-0.25, -0.2) is 0 Å². The number of benzene rings is 1. The fourth-order valence-electron chi connectivity index (χ4n) is 3.94. The summed E-state index contributed by atoms with van der Waals surface area (Å²) in [6.07, 6.45) is 0. The van der Waals surface area contributed by atoms with Crippen molar-refractivity contribution in [3.8, 4) is 0 Å². The highest BCUT2D eigenvalue weighted by molar-refractivity contribution is 6.30. The van der Waals surface area contributed by atoms with Gasteiger partial charge in [0.1, 0.15) is 5.54 Å². The molecule has 2 saturated heterocycles. The van der Waals surface area contributed by atoms with Gasteiger partial charge in [0.25, 0.3) is 0 Å². The molecule has 2 amide bonds. The number of carbonyl (C=O) groups is 3. The smallest absolute Gasteiger partial charge is 0.326 e. The molecule has 7 heteroatoms. The fourth-order valence-corrected chi connectivity index (χ4v) is 4.06. The molecule has 1 aromatic carbocycles. The van der Waals surface area contributed by atoms with Gasteiger partial charge in [0.2, 0.25) is 11.8 Å². The number of nitrogens with one attached hydrogen (secondary N) is 1. The lowest BCUT2D eigenvalue weighted by Crippen LogP contribution is -2.54. The fraction of sp³-hybridized carbons (Fsp3) is 0.500. The Morgan fingerprint density at radius 2 is 1.88 bits per heavy atom. The zero-order valence-corrected chi connectivity index (χ0v) is 15.2. The molecular formula is C18H21ClN2O4. The van der Waals surface area contributed by atoms with Crippen LogP contribution in [0, 0.1) is 11.8 Å². The van der Waals surface area contributed by atoms with Gasteiger partial charge >= 0.3 is 5.97 Å². The van der Waals surface area contributed by atoms with Gasteiger partial charge in [0.05, 0.1) is 18.4 Å². The Morgan fingerprint density at radius 3 is 2.44 bits per heavy atom. The largest absolute Gasteiger partial charge is 0.465 e. The molecular weight excluding hydrogens is 344 g/mol. The minimum absolute atomic E-state index is 0.207. The lowest BCUT2D eigenvalue weighted by Gasteiger charge is -2.28. The second-order valence-corrected chi connectivity index (χ2v) is 6.96. The molecule has 0 radical (unpaired) electrons. The lowest BCUT2D eigenvalue weighted by molar-refractivity contribution is -0.155. The van der Waals surface area contributed by atoms with Gasteiger partial charge in [0, 0.05) is 17.6 Å². The number of fused-ring (bicyclic) bond motifs is 1. The molecule has 2 fully saturated rings. The van der Waals surface area contributed by atoms with Gasteiger partial charge in [-0.1, -0.05) is 23.7 Å². The molecule has 134 valence electrons. The first kappa shape index (κ1) is 17.9. The van der Waals surface area contributed by atoms with Gasteiger partial charge in [-0.2, -0.15) is 0 Å². The second kappa shape index (κ2) is 6.42. The molecule has 6 nitrogen and oxygen atoms in total. The number of likely N-dealkylation sites (tertiary alicyclic amines) is 1. The molecule has 0 unspecified atom stereocenters. The number of carbonyl (C=O) groups excluding carboxylic acids is 3. The predicted molar refractivity (Wildman–Crippen MR) is 91.7 cm³/mol. The number of halogens is 1. The third kappa shape index (κ3) is 2.64. The summed E-state index contributed by atoms with van der Waals surface area (Å²) >= 11 is 5.95. The van der Waals surface area contributed by atoms with E-state index in [1.807, 2.05) is 0 Å². The van der Waals surface area contributed by atoms with Crippen LogP contribution in [0.5, 0.6) is 0 Å². The Balaban J connectivity index is 2.07. The van der Waals surface area contributed by atoms with E-state index in [1.54, 1.807) is 45.0 Å². The number of hydrogen-bond donors (Lipinski definition) is 1. The van der Waals surface area contributed by atoms with E-state index in [1.165, 1.54) is 4.90 Å². The van der Waals surface area contributed by atoms with Crippen molar-refractivity contribution in [2.75, 3.05) is 13.2 Å². The Kier molecular flexibility index (Phi) is 4.60. The van der Waals surface area contributed by atoms with E-state index in [0.29, 0.717) is 5.02 Å². The Bertz CT molecular complexity index is 720. The summed E-state index contributed by atoms with van der Waals surface area (Å²) < 4.78 is 5.19. The molecule has 2 aliphatic rings. The van der Waals surface area contributed by atoms with Crippen LogP contribution in [0.25, 0.3) is 0 Å². The summed E-state index contributed by atoms with van der Waals surface area (Å²) in [5.41, 5.74) is -0.437. The Labute approximate surface area is 151 Å². The predicted octanol–water partition coefficient (Wildman–Crippen LogP) is 1.93. The highest BCUT2D eigenvalue weighted by atomic mass is 35.5. The van der Waals surface area contributed by atoms with Crippen LogP contribution in [0.3, 0.4) is 0 Å². The average molecular weight is 365 g/mol. The van der Waals surface area contributed by atoms with Gasteiger partial charge in [0.15, 0.2) is 0 Å². The number of amides is 2. The normalized spacial score (nSPS) is 31.4. The first-order valence-electron chi connectivity index (χ1n) is 8.40. The molecule has 25 heavy (non-hydrogen) atoms. The van der Waals surface area contributed by atoms with Crippen LogP contribution in [-0.2, 0) is 19.1 Å². The van der Waals surface area contributed by atoms with E-state index in [4.69, 9.17) is 16.3 Å². The van der Waals surface area contributed by atoms with E-state index in [9.17, 15) is 14.4 Å². The van der Waals surface area contributed by atoms with Crippen LogP contribution < -0.4 is 5.32 Å². The van der Waals surface area contributed by atoms with Crippen molar-refractivity contribution < 1.29 is 19.1 Å². The number of esters is 1. The zero-order chi connectivity index (χ0) is 18.4. The molecule has 0 bridgehead atoms. The van der Waals surface area contributed by atoms with Gasteiger partial charge in [-0.05, 0) is 38.5 Å². The molecule has 1 N–H and O–H groups in total. The summed E-state index contributed by atoms with van der Waals surface area (Å²) in [6.45, 7) is 5.60. The quantitative estimate of drug-likeness (QED) is 0.652. The monoisotopic (exact) mass is 364 g/mol. The summed E-state index contributed by atoms with van der Waals surface area (Å²) in [5.74, 6) is -2.50. The molecule has 1 aromatic rings. The van der Waals surface area contributed by atoms with Crippen LogP contribution in [0.2, 0.25) is 5.02 Å². The van der Waals surface area contributed by atoms with Crippen molar-refractivity contribution in [2.45, 2.75) is 32.4 Å². The minimum atomic E-state index is -1.25. The molecule has 2 aliphatic heterocycles. The van der Waals surface area contributed by atoms with E-state index in [0.717, 1.165) is 5.56 Å². The SMILES string of the molecule is CCOC(=O)[C@]1(C)N[C@@H](c2ccc(Cl)cc2)[C@@H]2C(=O)N(CC)C(=O)[C@H]21. The van der Waals surface area contributed by atoms with Gasteiger partial charge in [-0.15, -0.1) is 0 Å². The lowest BCUT2D eigenvalue weighted by atomic mass is 9.80. The zero-order valence-electron chi connectivity index (χ0n) is 14.4. The second-order valence-electron chi connectivity index (χ2n) is 6.52. The maximum Gasteiger partial charge on any atom is 0.326 e. The number of rotatable bonds is 4. The summed E-state index contributed by atoms with van der Waals surface area (Å²) in [7, 11) is 0. The highest BCUT2D eigenvalue weighted by Crippen LogP contribution is 2.49. The van der Waals surface area contributed by atoms with Crippen molar-refractivity contribution >= 4 is 29.4 Å². The van der Waals surface area contributed by atoms with Crippen LogP contribution in [-0.4, -0.2) is 41.4 Å². The van der Waals surface area contributed by atoms with Crippen LogP contribution in [0.1, 0.15) is 32.4 Å². The molecule has 0 saturated carbocycles. The molecule has 0 aromatic heterocycles. The van der Waals surface area contributed by atoms with E-state index in [2.05, 4.69) is 5.32 Å². The molecule has 0 spiro atoms. The third-order valence-corrected chi connectivity index (χ3v) is 5.38. The molecule has 3 rings (SSSR count). The van der Waals surface area contributed by atoms with Crippen molar-refractivity contribution in [1.29, 1.82) is 0 Å². The Hall–Kier alpha value is -1.92. The highest BCUT2D eigenvalue weighted by Gasteiger charge is 2.66. The van der Waals surface area contributed by atoms with Crippen LogP contribution in [0.15, 0.2) is 24.3 Å². The Morgan fingerprint density at radius 1 is 1.24 bits per heavy atom. The van der Waals surface area contributed by atoms with Crippen molar-refractivity contribution in [1.82, 2.24) is 10.2 Å². The molecule has 0 aliphatic carbocycles. The average Bonchev–Trinajstić information content (AvgIpc) is 3.03. The first-order valence-corrected chi connectivity index (χ1v) is 8.78. The maximum absolute atomic E-state index is 12.8. The topological polar surface area (TPSA) is 75.7 Å². The van der Waals surface area contributed by atoms with E-state index >= 15 is 0 Å². The first-order chi connectivity index (χ1) is 11.8. The maximum atomic E-state index is 12.8. The van der Waals surface area contributed by atoms with E-state index < -0.39 is 29.4 Å².